The van der Waals surface area contributed by atoms with E-state index in [1.807, 2.05) is 54.6 Å². The van der Waals surface area contributed by atoms with Crippen LogP contribution in [0.1, 0.15) is 18.1 Å². The van der Waals surface area contributed by atoms with Crippen LogP contribution in [0.3, 0.4) is 0 Å². The predicted molar refractivity (Wildman–Crippen MR) is 91.4 cm³/mol. The summed E-state index contributed by atoms with van der Waals surface area (Å²) in [7, 11) is 1.60. The van der Waals surface area contributed by atoms with Crippen molar-refractivity contribution in [3.63, 3.8) is 0 Å². The fraction of sp³-hybridized carbons (Fsp3) is 0.158. The van der Waals surface area contributed by atoms with Gasteiger partial charge in [-0.2, -0.15) is 0 Å². The average Bonchev–Trinajstić information content (AvgIpc) is 2.60. The van der Waals surface area contributed by atoms with Gasteiger partial charge < -0.3 is 9.57 Å². The third-order valence-corrected chi connectivity index (χ3v) is 3.19. The van der Waals surface area contributed by atoms with Gasteiger partial charge in [0, 0.05) is 5.56 Å². The molecule has 2 aromatic carbocycles. The number of para-hydroxylation sites is 1. The van der Waals surface area contributed by atoms with Gasteiger partial charge in [-0.15, -0.1) is 0 Å². The molecule has 0 saturated carbocycles. The number of carbonyl (C=O) groups excluding carboxylic acids is 1. The molecule has 0 aliphatic carbocycles. The standard InChI is InChI=1S/C19H19NO3/c1-15(20-23-14-16-8-4-3-5-9-16)18(21)13-12-17-10-6-7-11-19(17)22-2/h3-13H,14H2,1-2H3/b13-12+,20-15+. The number of allylic oxidation sites excluding steroid dienone is 1. The van der Waals surface area contributed by atoms with E-state index in [0.717, 1.165) is 11.1 Å². The van der Waals surface area contributed by atoms with Gasteiger partial charge in [-0.05, 0) is 30.7 Å². The summed E-state index contributed by atoms with van der Waals surface area (Å²) in [6.07, 6.45) is 3.17. The predicted octanol–water partition coefficient (Wildman–Crippen LogP) is 3.87. The van der Waals surface area contributed by atoms with Crippen LogP contribution < -0.4 is 4.74 Å². The topological polar surface area (TPSA) is 47.9 Å². The van der Waals surface area contributed by atoms with Crippen LogP contribution in [0, 0.1) is 0 Å². The third-order valence-electron chi connectivity index (χ3n) is 3.19. The number of nitrogens with zero attached hydrogens (tertiary/aromatic N) is 1. The van der Waals surface area contributed by atoms with Crippen LogP contribution in [0.25, 0.3) is 6.08 Å². The largest absolute Gasteiger partial charge is 0.496 e. The maximum Gasteiger partial charge on any atom is 0.203 e. The Morgan fingerprint density at radius 1 is 1.09 bits per heavy atom. The van der Waals surface area contributed by atoms with E-state index in [1.165, 1.54) is 6.08 Å². The summed E-state index contributed by atoms with van der Waals surface area (Å²) in [5.41, 5.74) is 2.13. The van der Waals surface area contributed by atoms with Crippen LogP contribution in [0.15, 0.2) is 65.8 Å². The van der Waals surface area contributed by atoms with Gasteiger partial charge in [-0.1, -0.05) is 53.7 Å². The van der Waals surface area contributed by atoms with Gasteiger partial charge in [0.05, 0.1) is 7.11 Å². The highest BCUT2D eigenvalue weighted by Gasteiger charge is 2.04. The highest BCUT2D eigenvalue weighted by atomic mass is 16.6. The van der Waals surface area contributed by atoms with Crippen LogP contribution in [0.2, 0.25) is 0 Å². The number of oxime groups is 1. The Labute approximate surface area is 136 Å². The molecule has 2 aromatic rings. The molecule has 0 aliphatic heterocycles. The van der Waals surface area contributed by atoms with Crippen molar-refractivity contribution in [2.24, 2.45) is 5.16 Å². The van der Waals surface area contributed by atoms with Crippen molar-refractivity contribution in [2.45, 2.75) is 13.5 Å². The van der Waals surface area contributed by atoms with E-state index in [9.17, 15) is 4.79 Å². The van der Waals surface area contributed by atoms with E-state index in [4.69, 9.17) is 9.57 Å². The van der Waals surface area contributed by atoms with Gasteiger partial charge in [0.1, 0.15) is 18.1 Å². The van der Waals surface area contributed by atoms with Crippen molar-refractivity contribution in [1.29, 1.82) is 0 Å². The first-order valence-electron chi connectivity index (χ1n) is 7.26. The van der Waals surface area contributed by atoms with Crippen molar-refractivity contribution in [3.8, 4) is 5.75 Å². The zero-order valence-corrected chi connectivity index (χ0v) is 13.2. The Hall–Kier alpha value is -2.88. The maximum atomic E-state index is 12.0. The van der Waals surface area contributed by atoms with E-state index in [1.54, 1.807) is 20.1 Å². The second kappa shape index (κ2) is 8.54. The number of ether oxygens (including phenoxy) is 1. The lowest BCUT2D eigenvalue weighted by molar-refractivity contribution is -0.109. The molecule has 0 N–H and O–H groups in total. The van der Waals surface area contributed by atoms with Crippen LogP contribution in [-0.4, -0.2) is 18.6 Å². The number of benzene rings is 2. The lowest BCUT2D eigenvalue weighted by atomic mass is 10.1. The normalized spacial score (nSPS) is 11.5. The first-order valence-corrected chi connectivity index (χ1v) is 7.26. The molecule has 0 unspecified atom stereocenters. The van der Waals surface area contributed by atoms with E-state index in [0.29, 0.717) is 18.1 Å². The lowest BCUT2D eigenvalue weighted by Gasteiger charge is -2.03. The molecule has 0 aromatic heterocycles. The van der Waals surface area contributed by atoms with Crippen molar-refractivity contribution in [1.82, 2.24) is 0 Å². The number of hydrogen-bond donors (Lipinski definition) is 0. The average molecular weight is 309 g/mol. The van der Waals surface area contributed by atoms with Crippen LogP contribution >= 0.6 is 0 Å². The molecule has 118 valence electrons. The molecule has 2 rings (SSSR count). The molecule has 0 saturated heterocycles. The van der Waals surface area contributed by atoms with Crippen molar-refractivity contribution < 1.29 is 14.4 Å². The smallest absolute Gasteiger partial charge is 0.203 e. The minimum Gasteiger partial charge on any atom is -0.496 e. The Balaban J connectivity index is 1.94. The van der Waals surface area contributed by atoms with Crippen LogP contribution in [-0.2, 0) is 16.2 Å². The minimum absolute atomic E-state index is 0.205. The quantitative estimate of drug-likeness (QED) is 0.443. The van der Waals surface area contributed by atoms with Gasteiger partial charge in [0.2, 0.25) is 5.78 Å². The van der Waals surface area contributed by atoms with Gasteiger partial charge >= 0.3 is 0 Å². The summed E-state index contributed by atoms with van der Waals surface area (Å²) in [6.45, 7) is 1.96. The molecule has 0 radical (unpaired) electrons. The van der Waals surface area contributed by atoms with E-state index in [2.05, 4.69) is 5.16 Å². The Kier molecular flexibility index (Phi) is 6.12. The number of hydrogen-bond acceptors (Lipinski definition) is 4. The van der Waals surface area contributed by atoms with Gasteiger partial charge in [0.25, 0.3) is 0 Å². The number of carbonyl (C=O) groups is 1. The van der Waals surface area contributed by atoms with Gasteiger partial charge in [0.15, 0.2) is 0 Å². The second-order valence-corrected chi connectivity index (χ2v) is 4.88. The molecule has 0 fully saturated rings. The van der Waals surface area contributed by atoms with E-state index in [-0.39, 0.29) is 5.78 Å². The second-order valence-electron chi connectivity index (χ2n) is 4.88. The molecule has 0 bridgehead atoms. The van der Waals surface area contributed by atoms with E-state index < -0.39 is 0 Å². The van der Waals surface area contributed by atoms with Crippen molar-refractivity contribution in [2.75, 3.05) is 7.11 Å². The summed E-state index contributed by atoms with van der Waals surface area (Å²) in [5, 5.41) is 3.86. The Bertz CT molecular complexity index is 706. The van der Waals surface area contributed by atoms with Gasteiger partial charge in [-0.3, -0.25) is 4.79 Å². The summed E-state index contributed by atoms with van der Waals surface area (Å²) >= 11 is 0. The SMILES string of the molecule is COc1ccccc1/C=C/C(=O)/C(C)=N/OCc1ccccc1. The van der Waals surface area contributed by atoms with Crippen LogP contribution in [0.4, 0.5) is 0 Å². The monoisotopic (exact) mass is 309 g/mol. The van der Waals surface area contributed by atoms with Crippen molar-refractivity contribution in [3.05, 3.63) is 71.8 Å². The first-order chi connectivity index (χ1) is 11.2. The minimum atomic E-state index is -0.205. The Morgan fingerprint density at radius 2 is 1.78 bits per heavy atom. The lowest BCUT2D eigenvalue weighted by Crippen LogP contribution is -2.07. The number of methoxy groups -OCH3 is 1. The van der Waals surface area contributed by atoms with Crippen LogP contribution in [0.5, 0.6) is 5.75 Å². The number of rotatable bonds is 7. The summed E-state index contributed by atoms with van der Waals surface area (Å²) in [4.78, 5) is 17.2. The van der Waals surface area contributed by atoms with Crippen molar-refractivity contribution >= 4 is 17.6 Å². The van der Waals surface area contributed by atoms with E-state index >= 15 is 0 Å². The molecule has 0 aliphatic rings. The highest BCUT2D eigenvalue weighted by Crippen LogP contribution is 2.18. The summed E-state index contributed by atoms with van der Waals surface area (Å²) < 4.78 is 5.23. The molecule has 4 nitrogen and oxygen atoms in total. The maximum absolute atomic E-state index is 12.0. The molecular formula is C19H19NO3. The summed E-state index contributed by atoms with van der Waals surface area (Å²) in [5.74, 6) is 0.510. The highest BCUT2D eigenvalue weighted by molar-refractivity contribution is 6.43. The molecule has 4 heteroatoms. The molecule has 0 amide bonds. The molecule has 0 atom stereocenters. The number of ketones is 1. The third kappa shape index (κ3) is 5.11. The molecular weight excluding hydrogens is 290 g/mol. The molecule has 23 heavy (non-hydrogen) atoms. The van der Waals surface area contributed by atoms with Gasteiger partial charge in [-0.25, -0.2) is 0 Å². The fourth-order valence-electron chi connectivity index (χ4n) is 1.91. The Morgan fingerprint density at radius 3 is 2.52 bits per heavy atom. The first kappa shape index (κ1) is 16.5. The zero-order valence-electron chi connectivity index (χ0n) is 13.2. The molecule has 0 spiro atoms. The fourth-order valence-corrected chi connectivity index (χ4v) is 1.91. The zero-order chi connectivity index (χ0) is 16.5. The molecule has 0 heterocycles. The summed E-state index contributed by atoms with van der Waals surface area (Å²) in [6, 6.07) is 17.1.